The van der Waals surface area contributed by atoms with E-state index in [9.17, 15) is 5.11 Å². The topological polar surface area (TPSA) is 32.3 Å². The molecule has 1 aromatic rings. The van der Waals surface area contributed by atoms with Gasteiger partial charge in [-0.05, 0) is 37.3 Å². The molecule has 18 heavy (non-hydrogen) atoms. The zero-order valence-corrected chi connectivity index (χ0v) is 13.6. The minimum atomic E-state index is -0.654. The minimum absolute atomic E-state index is 0.288. The van der Waals surface area contributed by atoms with E-state index in [-0.39, 0.29) is 6.04 Å². The number of hydrogen-bond donors (Lipinski definition) is 2. The van der Waals surface area contributed by atoms with Gasteiger partial charge in [-0.3, -0.25) is 0 Å². The van der Waals surface area contributed by atoms with Gasteiger partial charge in [0.25, 0.3) is 0 Å². The lowest BCUT2D eigenvalue weighted by atomic mass is 10.0. The van der Waals surface area contributed by atoms with Gasteiger partial charge in [0.05, 0.1) is 5.60 Å². The standard InChI is InChI=1S/C14H22BrNOS/c1-4-13(11-6-5-7-12(15)8-11)16-9-14(2,17)10-18-3/h5-8,13,16-17H,4,9-10H2,1-3H3. The quantitative estimate of drug-likeness (QED) is 0.800. The summed E-state index contributed by atoms with van der Waals surface area (Å²) in [5.74, 6) is 0.745. The summed E-state index contributed by atoms with van der Waals surface area (Å²) in [5, 5.41) is 13.6. The molecule has 0 saturated heterocycles. The van der Waals surface area contributed by atoms with Crippen LogP contribution in [-0.4, -0.2) is 29.3 Å². The summed E-state index contributed by atoms with van der Waals surface area (Å²) < 4.78 is 1.09. The molecule has 2 unspecified atom stereocenters. The van der Waals surface area contributed by atoms with Crippen LogP contribution in [0.25, 0.3) is 0 Å². The second kappa shape index (κ2) is 7.53. The molecule has 0 bridgehead atoms. The van der Waals surface area contributed by atoms with E-state index in [1.54, 1.807) is 11.8 Å². The Morgan fingerprint density at radius 1 is 1.50 bits per heavy atom. The molecule has 1 aromatic carbocycles. The summed E-state index contributed by atoms with van der Waals surface area (Å²) in [6.07, 6.45) is 3.02. The van der Waals surface area contributed by atoms with Gasteiger partial charge in [0.2, 0.25) is 0 Å². The van der Waals surface area contributed by atoms with Crippen LogP contribution in [0.3, 0.4) is 0 Å². The van der Waals surface area contributed by atoms with Crippen molar-refractivity contribution < 1.29 is 5.11 Å². The summed E-state index contributed by atoms with van der Waals surface area (Å²) in [6, 6.07) is 8.61. The minimum Gasteiger partial charge on any atom is -0.388 e. The third-order valence-electron chi connectivity index (χ3n) is 2.84. The smallest absolute Gasteiger partial charge is 0.0833 e. The van der Waals surface area contributed by atoms with Crippen LogP contribution < -0.4 is 5.32 Å². The average molecular weight is 332 g/mol. The van der Waals surface area contributed by atoms with Gasteiger partial charge in [0.1, 0.15) is 0 Å². The molecule has 1 rings (SSSR count). The fraction of sp³-hybridized carbons (Fsp3) is 0.571. The predicted octanol–water partition coefficient (Wildman–Crippen LogP) is 3.60. The Bertz CT molecular complexity index is 371. The van der Waals surface area contributed by atoms with E-state index < -0.39 is 5.60 Å². The van der Waals surface area contributed by atoms with Crippen LogP contribution in [-0.2, 0) is 0 Å². The van der Waals surface area contributed by atoms with Crippen LogP contribution in [0.15, 0.2) is 28.7 Å². The number of halogens is 1. The summed E-state index contributed by atoms with van der Waals surface area (Å²) in [5.41, 5.74) is 0.602. The Hall–Kier alpha value is -0.0300. The van der Waals surface area contributed by atoms with E-state index >= 15 is 0 Å². The number of aliphatic hydroxyl groups is 1. The van der Waals surface area contributed by atoms with Crippen molar-refractivity contribution in [2.45, 2.75) is 31.9 Å². The molecule has 0 spiro atoms. The van der Waals surface area contributed by atoms with Crippen LogP contribution in [0, 0.1) is 0 Å². The second-order valence-electron chi connectivity index (χ2n) is 4.83. The van der Waals surface area contributed by atoms with E-state index in [1.807, 2.05) is 25.3 Å². The zero-order valence-electron chi connectivity index (χ0n) is 11.2. The van der Waals surface area contributed by atoms with Gasteiger partial charge in [-0.1, -0.05) is 35.0 Å². The van der Waals surface area contributed by atoms with Crippen molar-refractivity contribution in [3.8, 4) is 0 Å². The molecule has 0 aromatic heterocycles. The molecular formula is C14H22BrNOS. The van der Waals surface area contributed by atoms with Crippen LogP contribution in [0.4, 0.5) is 0 Å². The van der Waals surface area contributed by atoms with Crippen LogP contribution in [0.5, 0.6) is 0 Å². The van der Waals surface area contributed by atoms with Crippen LogP contribution in [0.2, 0.25) is 0 Å². The molecule has 2 N–H and O–H groups in total. The Labute approximate surface area is 123 Å². The fourth-order valence-corrected chi connectivity index (χ4v) is 3.07. The van der Waals surface area contributed by atoms with E-state index in [2.05, 4.69) is 40.3 Å². The first kappa shape index (κ1) is 16.0. The van der Waals surface area contributed by atoms with Crippen LogP contribution >= 0.6 is 27.7 Å². The number of nitrogens with one attached hydrogen (secondary N) is 1. The molecule has 0 amide bonds. The summed E-state index contributed by atoms with van der Waals surface area (Å²) in [4.78, 5) is 0. The van der Waals surface area contributed by atoms with Gasteiger partial charge < -0.3 is 10.4 Å². The zero-order chi connectivity index (χ0) is 13.6. The molecule has 0 aliphatic carbocycles. The number of benzene rings is 1. The molecular weight excluding hydrogens is 310 g/mol. The van der Waals surface area contributed by atoms with E-state index in [1.165, 1.54) is 5.56 Å². The van der Waals surface area contributed by atoms with Crippen molar-refractivity contribution in [3.05, 3.63) is 34.3 Å². The highest BCUT2D eigenvalue weighted by Gasteiger charge is 2.21. The molecule has 4 heteroatoms. The van der Waals surface area contributed by atoms with Crippen molar-refractivity contribution in [3.63, 3.8) is 0 Å². The van der Waals surface area contributed by atoms with Crippen LogP contribution in [0.1, 0.15) is 31.9 Å². The SMILES string of the molecule is CCC(NCC(C)(O)CSC)c1cccc(Br)c1. The third kappa shape index (κ3) is 5.31. The number of hydrogen-bond acceptors (Lipinski definition) is 3. The lowest BCUT2D eigenvalue weighted by molar-refractivity contribution is 0.0812. The van der Waals surface area contributed by atoms with Crippen molar-refractivity contribution in [1.82, 2.24) is 5.32 Å². The molecule has 2 atom stereocenters. The summed E-state index contributed by atoms with van der Waals surface area (Å²) >= 11 is 5.16. The molecule has 0 aliphatic rings. The largest absolute Gasteiger partial charge is 0.388 e. The van der Waals surface area contributed by atoms with E-state index in [0.717, 1.165) is 16.6 Å². The molecule has 0 fully saturated rings. The van der Waals surface area contributed by atoms with E-state index in [0.29, 0.717) is 6.54 Å². The molecule has 2 nitrogen and oxygen atoms in total. The maximum Gasteiger partial charge on any atom is 0.0833 e. The highest BCUT2D eigenvalue weighted by atomic mass is 79.9. The van der Waals surface area contributed by atoms with Gasteiger partial charge in [0, 0.05) is 22.8 Å². The predicted molar refractivity (Wildman–Crippen MR) is 84.2 cm³/mol. The van der Waals surface area contributed by atoms with Gasteiger partial charge in [-0.15, -0.1) is 0 Å². The normalized spacial score (nSPS) is 16.3. The lowest BCUT2D eigenvalue weighted by Crippen LogP contribution is -2.41. The second-order valence-corrected chi connectivity index (χ2v) is 6.61. The average Bonchev–Trinajstić information content (AvgIpc) is 2.29. The van der Waals surface area contributed by atoms with Crippen molar-refractivity contribution in [2.24, 2.45) is 0 Å². The molecule has 0 heterocycles. The number of rotatable bonds is 7. The molecule has 0 saturated carbocycles. The van der Waals surface area contributed by atoms with Crippen molar-refractivity contribution in [1.29, 1.82) is 0 Å². The Morgan fingerprint density at radius 2 is 2.22 bits per heavy atom. The van der Waals surface area contributed by atoms with Gasteiger partial charge in [0.15, 0.2) is 0 Å². The monoisotopic (exact) mass is 331 g/mol. The fourth-order valence-electron chi connectivity index (χ4n) is 1.93. The van der Waals surface area contributed by atoms with Crippen molar-refractivity contribution in [2.75, 3.05) is 18.6 Å². The summed E-state index contributed by atoms with van der Waals surface area (Å²) in [6.45, 7) is 4.64. The van der Waals surface area contributed by atoms with Crippen molar-refractivity contribution >= 4 is 27.7 Å². The highest BCUT2D eigenvalue weighted by molar-refractivity contribution is 9.10. The summed E-state index contributed by atoms with van der Waals surface area (Å²) in [7, 11) is 0. The molecule has 102 valence electrons. The molecule has 0 aliphatic heterocycles. The Morgan fingerprint density at radius 3 is 2.78 bits per heavy atom. The first-order valence-corrected chi connectivity index (χ1v) is 8.37. The maximum atomic E-state index is 10.2. The van der Waals surface area contributed by atoms with Gasteiger partial charge in [-0.25, -0.2) is 0 Å². The Kier molecular flexibility index (Phi) is 6.71. The van der Waals surface area contributed by atoms with Gasteiger partial charge in [-0.2, -0.15) is 11.8 Å². The Balaban J connectivity index is 2.63. The maximum absolute atomic E-state index is 10.2. The highest BCUT2D eigenvalue weighted by Crippen LogP contribution is 2.21. The first-order valence-electron chi connectivity index (χ1n) is 6.18. The lowest BCUT2D eigenvalue weighted by Gasteiger charge is -2.26. The first-order chi connectivity index (χ1) is 8.48. The van der Waals surface area contributed by atoms with Gasteiger partial charge >= 0.3 is 0 Å². The third-order valence-corrected chi connectivity index (χ3v) is 4.25. The molecule has 0 radical (unpaired) electrons. The number of thioether (sulfide) groups is 1. The van der Waals surface area contributed by atoms with E-state index in [4.69, 9.17) is 0 Å².